The number of anilines is 1. The maximum absolute atomic E-state index is 12.7. The number of carbonyl (C=O) groups is 1. The molecule has 1 amide bonds. The number of hydrogen-bond donors (Lipinski definition) is 1. The van der Waals surface area contributed by atoms with Crippen LogP contribution >= 0.6 is 0 Å². The molecule has 0 saturated heterocycles. The van der Waals surface area contributed by atoms with E-state index in [9.17, 15) is 4.79 Å². The normalized spacial score (nSPS) is 12.0. The van der Waals surface area contributed by atoms with E-state index in [0.717, 1.165) is 39.1 Å². The summed E-state index contributed by atoms with van der Waals surface area (Å²) in [7, 11) is 0. The molecule has 1 unspecified atom stereocenters. The molecule has 4 aromatic rings. The van der Waals surface area contributed by atoms with Gasteiger partial charge in [-0.1, -0.05) is 24.3 Å². The first-order chi connectivity index (χ1) is 14.8. The van der Waals surface area contributed by atoms with Gasteiger partial charge in [0.2, 0.25) is 5.88 Å². The van der Waals surface area contributed by atoms with Gasteiger partial charge in [0.25, 0.3) is 5.91 Å². The second kappa shape index (κ2) is 8.22. The number of para-hydroxylation sites is 1. The van der Waals surface area contributed by atoms with Crippen molar-refractivity contribution in [2.75, 3.05) is 5.32 Å². The van der Waals surface area contributed by atoms with Crippen LogP contribution in [0.2, 0.25) is 0 Å². The van der Waals surface area contributed by atoms with E-state index in [2.05, 4.69) is 21.5 Å². The lowest BCUT2D eigenvalue weighted by molar-refractivity contribution is -0.122. The minimum Gasteiger partial charge on any atom is -0.464 e. The maximum Gasteiger partial charge on any atom is 0.265 e. The average molecular weight is 415 g/mol. The molecule has 0 aliphatic heterocycles. The van der Waals surface area contributed by atoms with Crippen molar-refractivity contribution in [1.29, 1.82) is 0 Å². The number of aryl methyl sites for hydroxylation is 4. The van der Waals surface area contributed by atoms with Crippen molar-refractivity contribution in [1.82, 2.24) is 14.8 Å². The standard InChI is InChI=1S/C25H26N4O2/c1-15-11-16(2)13-20(12-15)26-25(30)19(5)31-22-14-17(3)23-18(4)28-29(24(23)27-22)21-9-7-6-8-10-21/h6-14,19H,1-5H3,(H,26,30). The minimum absolute atomic E-state index is 0.225. The van der Waals surface area contributed by atoms with E-state index < -0.39 is 6.10 Å². The van der Waals surface area contributed by atoms with Crippen LogP contribution in [0, 0.1) is 27.7 Å². The first-order valence-corrected chi connectivity index (χ1v) is 10.3. The summed E-state index contributed by atoms with van der Waals surface area (Å²) < 4.78 is 7.74. The summed E-state index contributed by atoms with van der Waals surface area (Å²) in [5.41, 5.74) is 6.48. The lowest BCUT2D eigenvalue weighted by Gasteiger charge is -2.15. The van der Waals surface area contributed by atoms with Crippen molar-refractivity contribution >= 4 is 22.6 Å². The predicted octanol–water partition coefficient (Wildman–Crippen LogP) is 5.06. The number of ether oxygens (including phenoxy) is 1. The van der Waals surface area contributed by atoms with Crippen LogP contribution in [0.5, 0.6) is 5.88 Å². The fraction of sp³-hybridized carbons (Fsp3) is 0.240. The Morgan fingerprint density at radius 1 is 1.00 bits per heavy atom. The molecule has 1 atom stereocenters. The maximum atomic E-state index is 12.7. The van der Waals surface area contributed by atoms with E-state index >= 15 is 0 Å². The molecule has 4 rings (SSSR count). The van der Waals surface area contributed by atoms with Gasteiger partial charge in [0.1, 0.15) is 0 Å². The van der Waals surface area contributed by atoms with Crippen molar-refractivity contribution in [3.8, 4) is 11.6 Å². The molecular formula is C25H26N4O2. The van der Waals surface area contributed by atoms with Gasteiger partial charge in [-0.3, -0.25) is 4.79 Å². The highest BCUT2D eigenvalue weighted by atomic mass is 16.5. The summed E-state index contributed by atoms with van der Waals surface area (Å²) in [6, 6.07) is 17.6. The van der Waals surface area contributed by atoms with Gasteiger partial charge in [0, 0.05) is 17.1 Å². The summed E-state index contributed by atoms with van der Waals surface area (Å²) in [4.78, 5) is 17.4. The number of aromatic nitrogens is 3. The number of carbonyl (C=O) groups excluding carboxylic acids is 1. The van der Waals surface area contributed by atoms with Crippen LogP contribution in [0.15, 0.2) is 54.6 Å². The summed E-state index contributed by atoms with van der Waals surface area (Å²) in [5, 5.41) is 8.58. The zero-order valence-electron chi connectivity index (χ0n) is 18.4. The third-order valence-corrected chi connectivity index (χ3v) is 5.14. The molecule has 31 heavy (non-hydrogen) atoms. The summed E-state index contributed by atoms with van der Waals surface area (Å²) in [6.07, 6.45) is -0.709. The van der Waals surface area contributed by atoms with E-state index in [1.54, 1.807) is 6.92 Å². The zero-order valence-corrected chi connectivity index (χ0v) is 18.4. The van der Waals surface area contributed by atoms with Crippen LogP contribution in [-0.2, 0) is 4.79 Å². The minimum atomic E-state index is -0.709. The van der Waals surface area contributed by atoms with Gasteiger partial charge in [-0.25, -0.2) is 4.68 Å². The zero-order chi connectivity index (χ0) is 22.1. The first kappa shape index (κ1) is 20.6. The van der Waals surface area contributed by atoms with E-state index in [-0.39, 0.29) is 5.91 Å². The lowest BCUT2D eigenvalue weighted by atomic mass is 10.1. The van der Waals surface area contributed by atoms with E-state index in [0.29, 0.717) is 11.5 Å². The Bertz CT molecular complexity index is 1240. The number of benzene rings is 2. The number of fused-ring (bicyclic) bond motifs is 1. The molecule has 0 spiro atoms. The third kappa shape index (κ3) is 4.28. The van der Waals surface area contributed by atoms with Crippen molar-refractivity contribution < 1.29 is 9.53 Å². The second-order valence-electron chi connectivity index (χ2n) is 7.93. The number of nitrogens with zero attached hydrogens (tertiary/aromatic N) is 3. The smallest absolute Gasteiger partial charge is 0.265 e. The Hall–Kier alpha value is -3.67. The Morgan fingerprint density at radius 2 is 1.68 bits per heavy atom. The summed E-state index contributed by atoms with van der Waals surface area (Å²) >= 11 is 0. The highest BCUT2D eigenvalue weighted by molar-refractivity contribution is 5.94. The van der Waals surface area contributed by atoms with Crippen LogP contribution < -0.4 is 10.1 Å². The van der Waals surface area contributed by atoms with E-state index in [4.69, 9.17) is 4.74 Å². The Balaban J connectivity index is 1.61. The van der Waals surface area contributed by atoms with Crippen LogP contribution in [0.3, 0.4) is 0 Å². The largest absolute Gasteiger partial charge is 0.464 e. The van der Waals surface area contributed by atoms with E-state index in [1.165, 1.54) is 0 Å². The molecule has 0 aliphatic carbocycles. The number of pyridine rings is 1. The van der Waals surface area contributed by atoms with Gasteiger partial charge < -0.3 is 10.1 Å². The summed E-state index contributed by atoms with van der Waals surface area (Å²) in [5.74, 6) is 0.169. The number of nitrogens with one attached hydrogen (secondary N) is 1. The molecule has 2 aromatic carbocycles. The third-order valence-electron chi connectivity index (χ3n) is 5.14. The highest BCUT2D eigenvalue weighted by Crippen LogP contribution is 2.27. The monoisotopic (exact) mass is 414 g/mol. The summed E-state index contributed by atoms with van der Waals surface area (Å²) in [6.45, 7) is 9.70. The number of amides is 1. The van der Waals surface area contributed by atoms with Crippen molar-refractivity contribution in [3.05, 3.63) is 77.0 Å². The number of rotatable bonds is 5. The van der Waals surface area contributed by atoms with Gasteiger partial charge in [0.05, 0.1) is 11.4 Å². The highest BCUT2D eigenvalue weighted by Gasteiger charge is 2.19. The molecule has 0 fully saturated rings. The van der Waals surface area contributed by atoms with Crippen LogP contribution in [-0.4, -0.2) is 26.8 Å². The first-order valence-electron chi connectivity index (χ1n) is 10.3. The van der Waals surface area contributed by atoms with Gasteiger partial charge in [0.15, 0.2) is 11.8 Å². The average Bonchev–Trinajstić information content (AvgIpc) is 3.04. The molecule has 2 aromatic heterocycles. The molecule has 6 heteroatoms. The predicted molar refractivity (Wildman–Crippen MR) is 123 cm³/mol. The van der Waals surface area contributed by atoms with Crippen LogP contribution in [0.4, 0.5) is 5.69 Å². The molecule has 0 bridgehead atoms. The molecule has 0 radical (unpaired) electrons. The molecule has 158 valence electrons. The quantitative estimate of drug-likeness (QED) is 0.496. The van der Waals surface area contributed by atoms with Crippen molar-refractivity contribution in [3.63, 3.8) is 0 Å². The topological polar surface area (TPSA) is 69.0 Å². The molecule has 6 nitrogen and oxygen atoms in total. The Morgan fingerprint density at radius 3 is 2.35 bits per heavy atom. The lowest BCUT2D eigenvalue weighted by Crippen LogP contribution is -2.30. The Labute approximate surface area is 181 Å². The van der Waals surface area contributed by atoms with E-state index in [1.807, 2.05) is 80.9 Å². The molecule has 1 N–H and O–H groups in total. The fourth-order valence-corrected chi connectivity index (χ4v) is 3.81. The number of hydrogen-bond acceptors (Lipinski definition) is 4. The SMILES string of the molecule is Cc1cc(C)cc(NC(=O)C(C)Oc2cc(C)c3c(C)nn(-c4ccccc4)c3n2)c1. The van der Waals surface area contributed by atoms with Crippen LogP contribution in [0.1, 0.15) is 29.3 Å². The molecular weight excluding hydrogens is 388 g/mol. The fourth-order valence-electron chi connectivity index (χ4n) is 3.81. The second-order valence-corrected chi connectivity index (χ2v) is 7.93. The van der Waals surface area contributed by atoms with Gasteiger partial charge in [-0.05, 0) is 75.6 Å². The van der Waals surface area contributed by atoms with Gasteiger partial charge in [-0.2, -0.15) is 10.1 Å². The van der Waals surface area contributed by atoms with Crippen molar-refractivity contribution in [2.45, 2.75) is 40.7 Å². The molecule has 2 heterocycles. The van der Waals surface area contributed by atoms with Crippen molar-refractivity contribution in [2.24, 2.45) is 0 Å². The van der Waals surface area contributed by atoms with Crippen LogP contribution in [0.25, 0.3) is 16.7 Å². The molecule has 0 aliphatic rings. The Kier molecular flexibility index (Phi) is 5.46. The van der Waals surface area contributed by atoms with Gasteiger partial charge in [-0.15, -0.1) is 0 Å². The van der Waals surface area contributed by atoms with Gasteiger partial charge >= 0.3 is 0 Å². The molecule has 0 saturated carbocycles.